The Morgan fingerprint density at radius 1 is 1.07 bits per heavy atom. The first-order valence-electron chi connectivity index (χ1n) is 9.02. The molecule has 9 heteroatoms. The summed E-state index contributed by atoms with van der Waals surface area (Å²) in [7, 11) is 0. The SMILES string of the molecule is CCc1ccccc1Nc1nc(N)nc(CSCC(=O)Nc2ccccc2Br)n1. The number of nitrogens with zero attached hydrogens (tertiary/aromatic N) is 3. The van der Waals surface area contributed by atoms with E-state index < -0.39 is 0 Å². The maximum atomic E-state index is 12.2. The van der Waals surface area contributed by atoms with Crippen LogP contribution in [0.15, 0.2) is 53.0 Å². The minimum atomic E-state index is -0.0980. The van der Waals surface area contributed by atoms with E-state index in [-0.39, 0.29) is 17.6 Å². The monoisotopic (exact) mass is 472 g/mol. The van der Waals surface area contributed by atoms with Crippen LogP contribution in [0.2, 0.25) is 0 Å². The van der Waals surface area contributed by atoms with Crippen molar-refractivity contribution in [3.8, 4) is 0 Å². The number of amides is 1. The van der Waals surface area contributed by atoms with Crippen molar-refractivity contribution in [3.05, 3.63) is 64.4 Å². The molecule has 3 rings (SSSR count). The lowest BCUT2D eigenvalue weighted by molar-refractivity contribution is -0.113. The van der Waals surface area contributed by atoms with E-state index in [1.54, 1.807) is 0 Å². The quantitative estimate of drug-likeness (QED) is 0.446. The number of carbonyl (C=O) groups is 1. The molecule has 0 aliphatic heterocycles. The summed E-state index contributed by atoms with van der Waals surface area (Å²) in [6, 6.07) is 15.4. The number of nitrogen functional groups attached to an aromatic ring is 1. The highest BCUT2D eigenvalue weighted by Gasteiger charge is 2.09. The number of thioether (sulfide) groups is 1. The molecule has 0 saturated carbocycles. The summed E-state index contributed by atoms with van der Waals surface area (Å²) in [6.07, 6.45) is 0.888. The van der Waals surface area contributed by atoms with Gasteiger partial charge in [-0.25, -0.2) is 0 Å². The maximum absolute atomic E-state index is 12.2. The van der Waals surface area contributed by atoms with Gasteiger partial charge in [0.05, 0.1) is 17.2 Å². The first-order valence-corrected chi connectivity index (χ1v) is 11.0. The van der Waals surface area contributed by atoms with Crippen molar-refractivity contribution in [2.45, 2.75) is 19.1 Å². The second-order valence-corrected chi connectivity index (χ2v) is 7.93. The Labute approximate surface area is 182 Å². The Kier molecular flexibility index (Phi) is 7.42. The van der Waals surface area contributed by atoms with Crippen LogP contribution in [0.4, 0.5) is 23.3 Å². The molecule has 1 heterocycles. The molecule has 3 aromatic rings. The summed E-state index contributed by atoms with van der Waals surface area (Å²) in [5.41, 5.74) is 8.67. The molecule has 0 aliphatic rings. The third-order valence-corrected chi connectivity index (χ3v) is 5.58. The number of rotatable bonds is 8. The summed E-state index contributed by atoms with van der Waals surface area (Å²) < 4.78 is 0.840. The van der Waals surface area contributed by atoms with Crippen LogP contribution in [0.3, 0.4) is 0 Å². The molecule has 1 aromatic heterocycles. The summed E-state index contributed by atoms with van der Waals surface area (Å²) in [6.45, 7) is 2.09. The normalized spacial score (nSPS) is 10.6. The second-order valence-electron chi connectivity index (χ2n) is 6.09. The lowest BCUT2D eigenvalue weighted by Crippen LogP contribution is -2.15. The minimum Gasteiger partial charge on any atom is -0.368 e. The third kappa shape index (κ3) is 6.16. The summed E-state index contributed by atoms with van der Waals surface area (Å²) in [4.78, 5) is 24.9. The zero-order chi connectivity index (χ0) is 20.6. The smallest absolute Gasteiger partial charge is 0.234 e. The van der Waals surface area contributed by atoms with Crippen molar-refractivity contribution in [1.82, 2.24) is 15.0 Å². The standard InChI is InChI=1S/C20H21BrN6OS/c1-2-13-7-3-5-9-15(13)24-20-26-17(25-19(22)27-20)11-29-12-18(28)23-16-10-6-4-8-14(16)21/h3-10H,2,11-12H2,1H3,(H,23,28)(H3,22,24,25,26,27). The number of nitrogens with two attached hydrogens (primary N) is 1. The topological polar surface area (TPSA) is 106 Å². The van der Waals surface area contributed by atoms with Crippen LogP contribution in [0, 0.1) is 0 Å². The van der Waals surface area contributed by atoms with Crippen LogP contribution in [0.25, 0.3) is 0 Å². The highest BCUT2D eigenvalue weighted by atomic mass is 79.9. The number of nitrogens with one attached hydrogen (secondary N) is 2. The lowest BCUT2D eigenvalue weighted by atomic mass is 10.1. The number of para-hydroxylation sites is 2. The predicted octanol–water partition coefficient (Wildman–Crippen LogP) is 4.39. The molecule has 0 radical (unpaired) electrons. The van der Waals surface area contributed by atoms with E-state index in [1.165, 1.54) is 11.8 Å². The zero-order valence-electron chi connectivity index (χ0n) is 15.9. The van der Waals surface area contributed by atoms with E-state index in [0.29, 0.717) is 17.5 Å². The van der Waals surface area contributed by atoms with Crippen LogP contribution in [0.1, 0.15) is 18.3 Å². The van der Waals surface area contributed by atoms with Crippen molar-refractivity contribution in [3.63, 3.8) is 0 Å². The number of halogens is 1. The average molecular weight is 473 g/mol. The molecule has 0 atom stereocenters. The van der Waals surface area contributed by atoms with Gasteiger partial charge in [-0.3, -0.25) is 4.79 Å². The molecule has 29 heavy (non-hydrogen) atoms. The molecular weight excluding hydrogens is 452 g/mol. The van der Waals surface area contributed by atoms with Crippen LogP contribution in [0.5, 0.6) is 0 Å². The van der Waals surface area contributed by atoms with E-state index in [1.807, 2.05) is 48.5 Å². The first-order chi connectivity index (χ1) is 14.0. The minimum absolute atomic E-state index is 0.0980. The van der Waals surface area contributed by atoms with Gasteiger partial charge in [-0.2, -0.15) is 15.0 Å². The number of anilines is 4. The van der Waals surface area contributed by atoms with Crippen LogP contribution < -0.4 is 16.4 Å². The van der Waals surface area contributed by atoms with E-state index in [0.717, 1.165) is 27.8 Å². The van der Waals surface area contributed by atoms with Crippen LogP contribution in [-0.2, 0) is 17.0 Å². The van der Waals surface area contributed by atoms with Gasteiger partial charge < -0.3 is 16.4 Å². The van der Waals surface area contributed by atoms with Crippen LogP contribution in [-0.4, -0.2) is 26.6 Å². The Balaban J connectivity index is 1.59. The van der Waals surface area contributed by atoms with E-state index in [2.05, 4.69) is 48.4 Å². The van der Waals surface area contributed by atoms with Crippen LogP contribution >= 0.6 is 27.7 Å². The summed E-state index contributed by atoms with van der Waals surface area (Å²) in [5.74, 6) is 1.68. The van der Waals surface area contributed by atoms with Crippen molar-refractivity contribution in [2.24, 2.45) is 0 Å². The van der Waals surface area contributed by atoms with E-state index in [4.69, 9.17) is 5.73 Å². The van der Waals surface area contributed by atoms with Crippen molar-refractivity contribution >= 4 is 56.9 Å². The van der Waals surface area contributed by atoms with Gasteiger partial charge >= 0.3 is 0 Å². The van der Waals surface area contributed by atoms with Gasteiger partial charge in [0.2, 0.25) is 17.8 Å². The number of aryl methyl sites for hydroxylation is 1. The van der Waals surface area contributed by atoms with Gasteiger partial charge in [0.1, 0.15) is 5.82 Å². The zero-order valence-corrected chi connectivity index (χ0v) is 18.3. The predicted molar refractivity (Wildman–Crippen MR) is 122 cm³/mol. The number of aromatic nitrogens is 3. The molecule has 0 bridgehead atoms. The molecule has 7 nitrogen and oxygen atoms in total. The summed E-state index contributed by atoms with van der Waals surface area (Å²) >= 11 is 4.82. The molecule has 0 fully saturated rings. The molecule has 150 valence electrons. The third-order valence-electron chi connectivity index (χ3n) is 3.96. The Morgan fingerprint density at radius 3 is 2.55 bits per heavy atom. The van der Waals surface area contributed by atoms with Gasteiger partial charge in [0.15, 0.2) is 0 Å². The Bertz CT molecular complexity index is 1000. The van der Waals surface area contributed by atoms with E-state index in [9.17, 15) is 4.79 Å². The first kappa shape index (κ1) is 21.1. The highest BCUT2D eigenvalue weighted by molar-refractivity contribution is 9.10. The average Bonchev–Trinajstić information content (AvgIpc) is 2.70. The molecule has 0 aliphatic carbocycles. The number of hydrogen-bond acceptors (Lipinski definition) is 7. The van der Waals surface area contributed by atoms with Gasteiger partial charge in [0.25, 0.3) is 0 Å². The van der Waals surface area contributed by atoms with Crippen molar-refractivity contribution < 1.29 is 4.79 Å². The summed E-state index contributed by atoms with van der Waals surface area (Å²) in [5, 5.41) is 6.07. The molecule has 0 spiro atoms. The molecule has 0 saturated heterocycles. The number of benzene rings is 2. The number of hydrogen-bond donors (Lipinski definition) is 3. The fourth-order valence-corrected chi connectivity index (χ4v) is 3.67. The van der Waals surface area contributed by atoms with Crippen molar-refractivity contribution in [1.29, 1.82) is 0 Å². The van der Waals surface area contributed by atoms with Gasteiger partial charge in [-0.05, 0) is 46.1 Å². The second kappa shape index (κ2) is 10.2. The fourth-order valence-electron chi connectivity index (χ4n) is 2.61. The Hall–Kier alpha value is -2.65. The fraction of sp³-hybridized carbons (Fsp3) is 0.200. The van der Waals surface area contributed by atoms with Gasteiger partial charge in [0, 0.05) is 10.2 Å². The highest BCUT2D eigenvalue weighted by Crippen LogP contribution is 2.22. The molecular formula is C20H21BrN6OS. The molecule has 1 amide bonds. The largest absolute Gasteiger partial charge is 0.368 e. The molecule has 0 unspecified atom stereocenters. The number of carbonyl (C=O) groups excluding carboxylic acids is 1. The van der Waals surface area contributed by atoms with E-state index >= 15 is 0 Å². The maximum Gasteiger partial charge on any atom is 0.234 e. The Morgan fingerprint density at radius 2 is 1.79 bits per heavy atom. The molecule has 4 N–H and O–H groups in total. The van der Waals surface area contributed by atoms with Gasteiger partial charge in [-0.1, -0.05) is 37.3 Å². The van der Waals surface area contributed by atoms with Gasteiger partial charge in [-0.15, -0.1) is 11.8 Å². The van der Waals surface area contributed by atoms with Crippen molar-refractivity contribution in [2.75, 3.05) is 22.1 Å². The lowest BCUT2D eigenvalue weighted by Gasteiger charge is -2.10. The molecule has 2 aromatic carbocycles.